The van der Waals surface area contributed by atoms with E-state index in [0.29, 0.717) is 13.0 Å². The standard InChI is InChI=1S/C8H17NO3/c1-9(2)7-6(10)4-5-12-8(7)11-3/h6-8,10H,4-5H2,1-3H3/t6-,7+,8+/m0/s1. The molecule has 0 bridgehead atoms. The Kier molecular flexibility index (Phi) is 3.46. The van der Waals surface area contributed by atoms with Gasteiger partial charge in [0.25, 0.3) is 0 Å². The molecule has 1 N–H and O–H groups in total. The van der Waals surface area contributed by atoms with Gasteiger partial charge in [-0.25, -0.2) is 0 Å². The molecule has 0 unspecified atom stereocenters. The molecule has 0 aliphatic carbocycles. The second kappa shape index (κ2) is 4.18. The van der Waals surface area contributed by atoms with Crippen molar-refractivity contribution in [3.8, 4) is 0 Å². The van der Waals surface area contributed by atoms with E-state index in [4.69, 9.17) is 9.47 Å². The number of aliphatic hydroxyl groups excluding tert-OH is 1. The SMILES string of the molecule is CO[C@@H]1OCC[C@H](O)[C@H]1N(C)C. The lowest BCUT2D eigenvalue weighted by atomic mass is 10.0. The second-order valence-electron chi connectivity index (χ2n) is 3.29. The fourth-order valence-corrected chi connectivity index (χ4v) is 1.55. The quantitative estimate of drug-likeness (QED) is 0.624. The van der Waals surface area contributed by atoms with Gasteiger partial charge in [-0.15, -0.1) is 0 Å². The van der Waals surface area contributed by atoms with Gasteiger partial charge in [0.2, 0.25) is 0 Å². The molecule has 1 saturated heterocycles. The van der Waals surface area contributed by atoms with Crippen LogP contribution in [0.5, 0.6) is 0 Å². The lowest BCUT2D eigenvalue weighted by Gasteiger charge is -2.38. The van der Waals surface area contributed by atoms with E-state index < -0.39 is 0 Å². The van der Waals surface area contributed by atoms with Crippen molar-refractivity contribution in [2.45, 2.75) is 24.9 Å². The number of hydrogen-bond acceptors (Lipinski definition) is 4. The molecule has 0 aromatic heterocycles. The monoisotopic (exact) mass is 175 g/mol. The molecule has 0 aromatic rings. The zero-order valence-electron chi connectivity index (χ0n) is 7.86. The molecule has 1 aliphatic rings. The summed E-state index contributed by atoms with van der Waals surface area (Å²) >= 11 is 0. The van der Waals surface area contributed by atoms with E-state index in [2.05, 4.69) is 0 Å². The molecular formula is C8H17NO3. The van der Waals surface area contributed by atoms with Gasteiger partial charge in [0.1, 0.15) is 0 Å². The summed E-state index contributed by atoms with van der Waals surface area (Å²) < 4.78 is 10.5. The highest BCUT2D eigenvalue weighted by Crippen LogP contribution is 2.18. The van der Waals surface area contributed by atoms with Gasteiger partial charge >= 0.3 is 0 Å². The number of hydrogen-bond donors (Lipinski definition) is 1. The van der Waals surface area contributed by atoms with Crippen LogP contribution in [0, 0.1) is 0 Å². The molecule has 72 valence electrons. The zero-order chi connectivity index (χ0) is 9.14. The van der Waals surface area contributed by atoms with Crippen molar-refractivity contribution in [1.29, 1.82) is 0 Å². The number of methoxy groups -OCH3 is 1. The van der Waals surface area contributed by atoms with Gasteiger partial charge in [-0.05, 0) is 20.5 Å². The average Bonchev–Trinajstić information content (AvgIpc) is 2.03. The molecule has 1 fully saturated rings. The van der Waals surface area contributed by atoms with Gasteiger partial charge in [0, 0.05) is 7.11 Å². The van der Waals surface area contributed by atoms with Crippen LogP contribution >= 0.6 is 0 Å². The highest BCUT2D eigenvalue weighted by Gasteiger charge is 2.34. The van der Waals surface area contributed by atoms with Crippen molar-refractivity contribution in [1.82, 2.24) is 4.90 Å². The van der Waals surface area contributed by atoms with Crippen LogP contribution in [0.3, 0.4) is 0 Å². The second-order valence-corrected chi connectivity index (χ2v) is 3.29. The fraction of sp³-hybridized carbons (Fsp3) is 1.00. The smallest absolute Gasteiger partial charge is 0.175 e. The van der Waals surface area contributed by atoms with Gasteiger partial charge in [-0.2, -0.15) is 0 Å². The lowest BCUT2D eigenvalue weighted by Crippen LogP contribution is -2.53. The van der Waals surface area contributed by atoms with E-state index in [1.807, 2.05) is 19.0 Å². The summed E-state index contributed by atoms with van der Waals surface area (Å²) in [4.78, 5) is 1.93. The highest BCUT2D eigenvalue weighted by molar-refractivity contribution is 4.82. The summed E-state index contributed by atoms with van der Waals surface area (Å²) in [6.45, 7) is 0.573. The van der Waals surface area contributed by atoms with E-state index in [9.17, 15) is 5.11 Å². The Hall–Kier alpha value is -0.160. The average molecular weight is 175 g/mol. The van der Waals surface area contributed by atoms with E-state index in [0.717, 1.165) is 0 Å². The molecule has 4 nitrogen and oxygen atoms in total. The summed E-state index contributed by atoms with van der Waals surface area (Å²) in [6, 6.07) is -0.0521. The first-order chi connectivity index (χ1) is 5.66. The van der Waals surface area contributed by atoms with Gasteiger partial charge in [-0.3, -0.25) is 4.90 Å². The Morgan fingerprint density at radius 2 is 2.17 bits per heavy atom. The first kappa shape index (κ1) is 9.92. The number of likely N-dealkylation sites (N-methyl/N-ethyl adjacent to an activating group) is 1. The Morgan fingerprint density at radius 3 is 2.58 bits per heavy atom. The summed E-state index contributed by atoms with van der Waals surface area (Å²) in [5.41, 5.74) is 0. The van der Waals surface area contributed by atoms with Crippen LogP contribution in [0.1, 0.15) is 6.42 Å². The maximum Gasteiger partial charge on any atom is 0.175 e. The molecule has 0 radical (unpaired) electrons. The van der Waals surface area contributed by atoms with Crippen molar-refractivity contribution in [2.24, 2.45) is 0 Å². The number of aliphatic hydroxyl groups is 1. The Bertz CT molecular complexity index is 140. The molecule has 0 amide bonds. The maximum absolute atomic E-state index is 9.64. The minimum absolute atomic E-state index is 0.0521. The van der Waals surface area contributed by atoms with E-state index in [-0.39, 0.29) is 18.4 Å². The largest absolute Gasteiger partial charge is 0.391 e. The zero-order valence-corrected chi connectivity index (χ0v) is 7.86. The predicted molar refractivity (Wildman–Crippen MR) is 44.8 cm³/mol. The third kappa shape index (κ3) is 1.95. The molecule has 1 heterocycles. The van der Waals surface area contributed by atoms with Crippen LogP contribution in [0.25, 0.3) is 0 Å². The first-order valence-corrected chi connectivity index (χ1v) is 4.15. The molecule has 4 heteroatoms. The van der Waals surface area contributed by atoms with Crippen LogP contribution in [0.2, 0.25) is 0 Å². The molecule has 0 spiro atoms. The molecule has 3 atom stereocenters. The summed E-state index contributed by atoms with van der Waals surface area (Å²) in [5.74, 6) is 0. The molecule has 0 aromatic carbocycles. The number of rotatable bonds is 2. The van der Waals surface area contributed by atoms with Gasteiger partial charge in [0.15, 0.2) is 6.29 Å². The Morgan fingerprint density at radius 1 is 1.50 bits per heavy atom. The third-order valence-electron chi connectivity index (χ3n) is 2.20. The normalized spacial score (nSPS) is 37.2. The van der Waals surface area contributed by atoms with E-state index >= 15 is 0 Å². The molecule has 1 aliphatic heterocycles. The van der Waals surface area contributed by atoms with Crippen molar-refractivity contribution in [3.63, 3.8) is 0 Å². The molecular weight excluding hydrogens is 158 g/mol. The topological polar surface area (TPSA) is 41.9 Å². The fourth-order valence-electron chi connectivity index (χ4n) is 1.55. The van der Waals surface area contributed by atoms with Crippen LogP contribution in [-0.4, -0.2) is 56.3 Å². The Labute approximate surface area is 73.1 Å². The first-order valence-electron chi connectivity index (χ1n) is 4.15. The van der Waals surface area contributed by atoms with Crippen LogP contribution in [-0.2, 0) is 9.47 Å². The number of ether oxygens (including phenoxy) is 2. The van der Waals surface area contributed by atoms with Crippen LogP contribution < -0.4 is 0 Å². The van der Waals surface area contributed by atoms with Crippen molar-refractivity contribution in [2.75, 3.05) is 27.8 Å². The van der Waals surface area contributed by atoms with Gasteiger partial charge in [0.05, 0.1) is 18.8 Å². The summed E-state index contributed by atoms with van der Waals surface area (Å²) in [5, 5.41) is 9.64. The lowest BCUT2D eigenvalue weighted by molar-refractivity contribution is -0.208. The van der Waals surface area contributed by atoms with E-state index in [1.54, 1.807) is 7.11 Å². The summed E-state index contributed by atoms with van der Waals surface area (Å²) in [6.07, 6.45) is 0.0327. The maximum atomic E-state index is 9.64. The van der Waals surface area contributed by atoms with Gasteiger partial charge in [-0.1, -0.05) is 0 Å². The van der Waals surface area contributed by atoms with Crippen molar-refractivity contribution in [3.05, 3.63) is 0 Å². The summed E-state index contributed by atoms with van der Waals surface area (Å²) in [7, 11) is 5.42. The van der Waals surface area contributed by atoms with Crippen molar-refractivity contribution < 1.29 is 14.6 Å². The highest BCUT2D eigenvalue weighted by atomic mass is 16.7. The third-order valence-corrected chi connectivity index (χ3v) is 2.20. The van der Waals surface area contributed by atoms with Crippen LogP contribution in [0.15, 0.2) is 0 Å². The molecule has 1 rings (SSSR count). The predicted octanol–water partition coefficient (Wildman–Crippen LogP) is -0.330. The van der Waals surface area contributed by atoms with Crippen molar-refractivity contribution >= 4 is 0 Å². The van der Waals surface area contributed by atoms with Crippen LogP contribution in [0.4, 0.5) is 0 Å². The molecule has 12 heavy (non-hydrogen) atoms. The Balaban J connectivity index is 2.59. The minimum Gasteiger partial charge on any atom is -0.391 e. The van der Waals surface area contributed by atoms with E-state index in [1.165, 1.54) is 0 Å². The van der Waals surface area contributed by atoms with Gasteiger partial charge < -0.3 is 14.6 Å². The number of nitrogens with zero attached hydrogens (tertiary/aromatic N) is 1. The minimum atomic E-state index is -0.348. The molecule has 0 saturated carbocycles.